The first-order valence-electron chi connectivity index (χ1n) is 5.09. The third kappa shape index (κ3) is 0.997. The summed E-state index contributed by atoms with van der Waals surface area (Å²) in [6, 6.07) is 0.644. The van der Waals surface area contributed by atoms with E-state index >= 15 is 0 Å². The highest BCUT2D eigenvalue weighted by Gasteiger charge is 2.55. The Morgan fingerprint density at radius 2 is 2.15 bits per heavy atom. The van der Waals surface area contributed by atoms with E-state index < -0.39 is 0 Å². The normalized spacial score (nSPS) is 41.2. The van der Waals surface area contributed by atoms with E-state index in [1.54, 1.807) is 0 Å². The second-order valence-corrected chi connectivity index (χ2v) is 4.50. The molecule has 0 N–H and O–H groups in total. The zero-order valence-corrected chi connectivity index (χ0v) is 7.57. The molecular weight excluding hydrogens is 162 g/mol. The summed E-state index contributed by atoms with van der Waals surface area (Å²) in [7, 11) is 0. The Bertz CT molecular complexity index is 300. The highest BCUT2D eigenvalue weighted by Crippen LogP contribution is 2.49. The first-order chi connectivity index (χ1) is 6.31. The van der Waals surface area contributed by atoms with Crippen LogP contribution in [0.2, 0.25) is 0 Å². The predicted octanol–water partition coefficient (Wildman–Crippen LogP) is 1.02. The van der Waals surface area contributed by atoms with Gasteiger partial charge >= 0.3 is 0 Å². The van der Waals surface area contributed by atoms with Gasteiger partial charge in [-0.05, 0) is 31.6 Å². The largest absolute Gasteiger partial charge is 0.325 e. The van der Waals surface area contributed by atoms with E-state index in [0.29, 0.717) is 17.9 Å². The van der Waals surface area contributed by atoms with Gasteiger partial charge in [0.15, 0.2) is 0 Å². The topological polar surface area (TPSA) is 20.3 Å². The molecule has 0 aromatic heterocycles. The van der Waals surface area contributed by atoms with Gasteiger partial charge in [0.25, 0.3) is 0 Å². The lowest BCUT2D eigenvalue weighted by molar-refractivity contribution is -0.133. The first-order valence-corrected chi connectivity index (χ1v) is 5.09. The van der Waals surface area contributed by atoms with Gasteiger partial charge < -0.3 is 4.90 Å². The molecule has 0 aromatic carbocycles. The Balaban J connectivity index is 1.80. The number of fused-ring (bicyclic) bond motifs is 1. The molecule has 0 aromatic rings. The lowest BCUT2D eigenvalue weighted by Crippen LogP contribution is -2.38. The van der Waals surface area contributed by atoms with Gasteiger partial charge in [0.2, 0.25) is 5.91 Å². The maximum atomic E-state index is 11.8. The van der Waals surface area contributed by atoms with Crippen molar-refractivity contribution in [2.45, 2.75) is 37.8 Å². The number of likely N-dealkylation sites (tertiary alicyclic amines) is 1. The smallest absolute Gasteiger partial charge is 0.226 e. The molecule has 1 aliphatic heterocycles. The number of terminal acetylenes is 1. The number of hydrogen-bond donors (Lipinski definition) is 0. The zero-order valence-electron chi connectivity index (χ0n) is 7.57. The predicted molar refractivity (Wildman–Crippen MR) is 48.7 cm³/mol. The van der Waals surface area contributed by atoms with Crippen LogP contribution in [0.5, 0.6) is 0 Å². The summed E-state index contributed by atoms with van der Waals surface area (Å²) in [5.41, 5.74) is 0. The van der Waals surface area contributed by atoms with E-state index in [-0.39, 0.29) is 6.04 Å². The van der Waals surface area contributed by atoms with Crippen molar-refractivity contribution in [3.63, 3.8) is 0 Å². The molecule has 1 saturated heterocycles. The molecule has 0 spiro atoms. The Hall–Kier alpha value is -0.970. The minimum atomic E-state index is 0.122. The summed E-state index contributed by atoms with van der Waals surface area (Å²) >= 11 is 0. The van der Waals surface area contributed by atoms with Crippen molar-refractivity contribution < 1.29 is 4.79 Å². The fraction of sp³-hybridized carbons (Fsp3) is 0.727. The number of rotatable bonds is 1. The zero-order chi connectivity index (χ0) is 9.00. The van der Waals surface area contributed by atoms with Crippen LogP contribution in [0.4, 0.5) is 0 Å². The molecule has 2 heteroatoms. The highest BCUT2D eigenvalue weighted by atomic mass is 16.2. The maximum absolute atomic E-state index is 11.8. The number of carbonyl (C=O) groups excluding carboxylic acids is 1. The van der Waals surface area contributed by atoms with Crippen molar-refractivity contribution in [1.29, 1.82) is 0 Å². The third-order valence-corrected chi connectivity index (χ3v) is 3.48. The number of hydrogen-bond acceptors (Lipinski definition) is 1. The van der Waals surface area contributed by atoms with Gasteiger partial charge in [0.05, 0.1) is 6.04 Å². The molecule has 1 amide bonds. The second-order valence-electron chi connectivity index (χ2n) is 4.50. The Kier molecular flexibility index (Phi) is 1.31. The van der Waals surface area contributed by atoms with Crippen LogP contribution in [0.25, 0.3) is 0 Å². The van der Waals surface area contributed by atoms with E-state index in [0.717, 1.165) is 25.2 Å². The fourth-order valence-electron chi connectivity index (χ4n) is 2.46. The van der Waals surface area contributed by atoms with Crippen LogP contribution in [0, 0.1) is 24.2 Å². The summed E-state index contributed by atoms with van der Waals surface area (Å²) in [6.07, 6.45) is 9.86. The van der Waals surface area contributed by atoms with Crippen molar-refractivity contribution >= 4 is 5.91 Å². The molecule has 3 aliphatic rings. The Labute approximate surface area is 78.3 Å². The molecule has 2 saturated carbocycles. The van der Waals surface area contributed by atoms with Gasteiger partial charge in [-0.15, -0.1) is 6.42 Å². The van der Waals surface area contributed by atoms with Crippen LogP contribution in [0.3, 0.4) is 0 Å². The lowest BCUT2D eigenvalue weighted by atomic mass is 10.2. The van der Waals surface area contributed by atoms with Gasteiger partial charge in [-0.3, -0.25) is 4.79 Å². The summed E-state index contributed by atoms with van der Waals surface area (Å²) in [5.74, 6) is 4.15. The molecule has 13 heavy (non-hydrogen) atoms. The van der Waals surface area contributed by atoms with Gasteiger partial charge in [-0.1, -0.05) is 5.92 Å². The van der Waals surface area contributed by atoms with E-state index in [9.17, 15) is 4.79 Å². The van der Waals surface area contributed by atoms with E-state index in [1.165, 1.54) is 6.42 Å². The average Bonchev–Trinajstić information content (AvgIpc) is 3.01. The van der Waals surface area contributed by atoms with Crippen LogP contribution < -0.4 is 0 Å². The van der Waals surface area contributed by atoms with Crippen LogP contribution >= 0.6 is 0 Å². The number of amides is 1. The molecule has 2 aliphatic carbocycles. The quantitative estimate of drug-likeness (QED) is 0.545. The summed E-state index contributed by atoms with van der Waals surface area (Å²) in [5, 5.41) is 0. The highest BCUT2D eigenvalue weighted by molar-refractivity contribution is 5.82. The minimum Gasteiger partial charge on any atom is -0.325 e. The molecule has 0 radical (unpaired) electrons. The summed E-state index contributed by atoms with van der Waals surface area (Å²) in [6.45, 7) is 0. The molecule has 1 heterocycles. The van der Waals surface area contributed by atoms with E-state index in [4.69, 9.17) is 6.42 Å². The number of carbonyl (C=O) groups is 1. The molecule has 3 atom stereocenters. The molecule has 3 fully saturated rings. The summed E-state index contributed by atoms with van der Waals surface area (Å²) < 4.78 is 0. The lowest BCUT2D eigenvalue weighted by Gasteiger charge is -2.23. The van der Waals surface area contributed by atoms with Gasteiger partial charge in [0, 0.05) is 12.0 Å². The number of piperidine rings is 1. The van der Waals surface area contributed by atoms with Crippen molar-refractivity contribution in [2.75, 3.05) is 0 Å². The third-order valence-electron chi connectivity index (χ3n) is 3.48. The first kappa shape index (κ1) is 7.44. The molecule has 2 unspecified atom stereocenters. The summed E-state index contributed by atoms with van der Waals surface area (Å²) in [4.78, 5) is 13.8. The Morgan fingerprint density at radius 1 is 1.38 bits per heavy atom. The molecule has 68 valence electrons. The molecule has 2 nitrogen and oxygen atoms in total. The van der Waals surface area contributed by atoms with Crippen LogP contribution in [-0.4, -0.2) is 22.9 Å². The SMILES string of the molecule is C#CC1CC2C[C@H]2N1C(=O)C1CC1. The van der Waals surface area contributed by atoms with Crippen molar-refractivity contribution in [1.82, 2.24) is 4.90 Å². The van der Waals surface area contributed by atoms with Crippen molar-refractivity contribution in [3.05, 3.63) is 0 Å². The van der Waals surface area contributed by atoms with E-state index in [1.807, 2.05) is 4.90 Å². The molecule has 0 bridgehead atoms. The maximum Gasteiger partial charge on any atom is 0.226 e. The van der Waals surface area contributed by atoms with Crippen LogP contribution in [0.1, 0.15) is 25.7 Å². The second kappa shape index (κ2) is 2.29. The van der Waals surface area contributed by atoms with Crippen LogP contribution in [0.15, 0.2) is 0 Å². The minimum absolute atomic E-state index is 0.122. The van der Waals surface area contributed by atoms with Crippen molar-refractivity contribution in [2.24, 2.45) is 11.8 Å². The molecule has 3 rings (SSSR count). The average molecular weight is 175 g/mol. The fourth-order valence-corrected chi connectivity index (χ4v) is 2.46. The van der Waals surface area contributed by atoms with Crippen molar-refractivity contribution in [3.8, 4) is 12.3 Å². The Morgan fingerprint density at radius 3 is 2.77 bits per heavy atom. The monoisotopic (exact) mass is 175 g/mol. The van der Waals surface area contributed by atoms with Crippen LogP contribution in [-0.2, 0) is 4.79 Å². The van der Waals surface area contributed by atoms with E-state index in [2.05, 4.69) is 5.92 Å². The number of nitrogens with zero attached hydrogens (tertiary/aromatic N) is 1. The van der Waals surface area contributed by atoms with Gasteiger partial charge in [0.1, 0.15) is 0 Å². The molecular formula is C11H13NO. The standard InChI is InChI=1S/C11H13NO/c1-2-9-5-8-6-10(8)12(9)11(13)7-3-4-7/h1,7-10H,3-6H2/t8?,9?,10-/m1/s1. The van der Waals surface area contributed by atoms with Gasteiger partial charge in [-0.2, -0.15) is 0 Å². The van der Waals surface area contributed by atoms with Gasteiger partial charge in [-0.25, -0.2) is 0 Å².